The Bertz CT molecular complexity index is 367. The predicted molar refractivity (Wildman–Crippen MR) is 74.4 cm³/mol. The molecule has 1 aliphatic rings. The van der Waals surface area contributed by atoms with E-state index in [4.69, 9.17) is 4.74 Å². The Morgan fingerprint density at radius 1 is 1.33 bits per heavy atom. The average Bonchev–Trinajstić information content (AvgIpc) is 2.38. The molecule has 0 N–H and O–H groups in total. The summed E-state index contributed by atoms with van der Waals surface area (Å²) in [4.78, 5) is 2.36. The molecule has 18 heavy (non-hydrogen) atoms. The van der Waals surface area contributed by atoms with E-state index in [1.807, 2.05) is 6.07 Å². The van der Waals surface area contributed by atoms with Gasteiger partial charge in [0.2, 0.25) is 0 Å². The first-order valence-corrected chi connectivity index (χ1v) is 7.54. The van der Waals surface area contributed by atoms with Crippen LogP contribution in [0, 0.1) is 5.82 Å². The molecule has 1 aromatic carbocycles. The van der Waals surface area contributed by atoms with Gasteiger partial charge in [0, 0.05) is 25.0 Å². The summed E-state index contributed by atoms with van der Waals surface area (Å²) < 4.78 is 18.8. The molecule has 0 atom stereocenters. The van der Waals surface area contributed by atoms with Crippen molar-refractivity contribution >= 4 is 15.9 Å². The minimum Gasteiger partial charge on any atom is -0.377 e. The Labute approximate surface area is 116 Å². The van der Waals surface area contributed by atoms with E-state index in [-0.39, 0.29) is 5.82 Å². The fraction of sp³-hybridized carbons (Fsp3) is 0.571. The quantitative estimate of drug-likeness (QED) is 0.774. The number of likely N-dealkylation sites (tertiary alicyclic amines) is 1. The van der Waals surface area contributed by atoms with E-state index in [0.717, 1.165) is 50.0 Å². The number of benzene rings is 1. The molecule has 0 saturated carbocycles. The van der Waals surface area contributed by atoms with E-state index in [1.165, 1.54) is 6.07 Å². The van der Waals surface area contributed by atoms with E-state index in [9.17, 15) is 4.39 Å². The average molecular weight is 316 g/mol. The van der Waals surface area contributed by atoms with Gasteiger partial charge in [0.05, 0.1) is 12.7 Å². The van der Waals surface area contributed by atoms with Gasteiger partial charge in [-0.25, -0.2) is 4.39 Å². The number of rotatable bonds is 5. The highest BCUT2D eigenvalue weighted by molar-refractivity contribution is 9.09. The monoisotopic (exact) mass is 315 g/mol. The van der Waals surface area contributed by atoms with Crippen molar-refractivity contribution in [3.05, 3.63) is 35.6 Å². The Morgan fingerprint density at radius 2 is 2.11 bits per heavy atom. The van der Waals surface area contributed by atoms with Crippen LogP contribution in [0.1, 0.15) is 18.4 Å². The standard InChI is InChI=1S/C14H19BrFNO/c15-6-9-18-14-4-7-17(8-5-14)11-12-2-1-3-13(16)10-12/h1-3,10,14H,4-9,11H2. The number of hydrogen-bond donors (Lipinski definition) is 0. The second-order valence-corrected chi connectivity index (χ2v) is 5.46. The van der Waals surface area contributed by atoms with Crippen molar-refractivity contribution in [3.63, 3.8) is 0 Å². The van der Waals surface area contributed by atoms with E-state index >= 15 is 0 Å². The lowest BCUT2D eigenvalue weighted by Crippen LogP contribution is -2.36. The fourth-order valence-corrected chi connectivity index (χ4v) is 2.53. The Morgan fingerprint density at radius 3 is 2.78 bits per heavy atom. The highest BCUT2D eigenvalue weighted by atomic mass is 79.9. The van der Waals surface area contributed by atoms with Crippen LogP contribution in [-0.4, -0.2) is 36.0 Å². The SMILES string of the molecule is Fc1cccc(CN2CCC(OCCBr)CC2)c1. The molecule has 0 bridgehead atoms. The van der Waals surface area contributed by atoms with Crippen LogP contribution in [0.2, 0.25) is 0 Å². The molecular formula is C14H19BrFNO. The molecule has 0 spiro atoms. The van der Waals surface area contributed by atoms with Gasteiger partial charge in [-0.3, -0.25) is 4.90 Å². The topological polar surface area (TPSA) is 12.5 Å². The summed E-state index contributed by atoms with van der Waals surface area (Å²) in [6.07, 6.45) is 2.54. The van der Waals surface area contributed by atoms with Gasteiger partial charge in [-0.1, -0.05) is 28.1 Å². The highest BCUT2D eigenvalue weighted by Crippen LogP contribution is 2.16. The molecular weight excluding hydrogens is 297 g/mol. The summed E-state index contributed by atoms with van der Waals surface area (Å²) in [5, 5.41) is 0.899. The lowest BCUT2D eigenvalue weighted by atomic mass is 10.1. The third-order valence-corrected chi connectivity index (χ3v) is 3.58. The first-order chi connectivity index (χ1) is 8.78. The predicted octanol–water partition coefficient (Wildman–Crippen LogP) is 3.20. The molecule has 1 heterocycles. The third kappa shape index (κ3) is 4.34. The van der Waals surface area contributed by atoms with E-state index in [0.29, 0.717) is 6.10 Å². The van der Waals surface area contributed by atoms with Crippen LogP contribution >= 0.6 is 15.9 Å². The normalized spacial score (nSPS) is 18.1. The number of piperidine rings is 1. The van der Waals surface area contributed by atoms with Crippen LogP contribution in [0.15, 0.2) is 24.3 Å². The zero-order valence-corrected chi connectivity index (χ0v) is 12.0. The molecule has 100 valence electrons. The van der Waals surface area contributed by atoms with Crippen LogP contribution in [-0.2, 0) is 11.3 Å². The van der Waals surface area contributed by atoms with Gasteiger partial charge < -0.3 is 4.74 Å². The molecule has 0 unspecified atom stereocenters. The second kappa shape index (κ2) is 7.22. The zero-order valence-electron chi connectivity index (χ0n) is 10.4. The van der Waals surface area contributed by atoms with Crippen LogP contribution in [0.3, 0.4) is 0 Å². The number of halogens is 2. The minimum atomic E-state index is -0.150. The maximum Gasteiger partial charge on any atom is 0.123 e. The number of ether oxygens (including phenoxy) is 1. The summed E-state index contributed by atoms with van der Waals surface area (Å²) >= 11 is 3.37. The molecule has 0 amide bonds. The Balaban J connectivity index is 1.76. The van der Waals surface area contributed by atoms with Crippen molar-refractivity contribution in [2.45, 2.75) is 25.5 Å². The smallest absolute Gasteiger partial charge is 0.123 e. The second-order valence-electron chi connectivity index (χ2n) is 4.67. The van der Waals surface area contributed by atoms with Gasteiger partial charge in [0.25, 0.3) is 0 Å². The number of alkyl halides is 1. The fourth-order valence-electron chi connectivity index (χ4n) is 2.34. The lowest BCUT2D eigenvalue weighted by molar-refractivity contribution is 0.0141. The van der Waals surface area contributed by atoms with E-state index in [1.54, 1.807) is 12.1 Å². The van der Waals surface area contributed by atoms with Gasteiger partial charge in [-0.2, -0.15) is 0 Å². The van der Waals surface area contributed by atoms with Crippen molar-refractivity contribution in [1.29, 1.82) is 0 Å². The summed E-state index contributed by atoms with van der Waals surface area (Å²) in [6.45, 7) is 3.68. The molecule has 1 fully saturated rings. The first kappa shape index (κ1) is 14.0. The Hall–Kier alpha value is -0.450. The highest BCUT2D eigenvalue weighted by Gasteiger charge is 2.19. The first-order valence-electron chi connectivity index (χ1n) is 6.42. The molecule has 0 aromatic heterocycles. The third-order valence-electron chi connectivity index (χ3n) is 3.26. The largest absolute Gasteiger partial charge is 0.377 e. The number of hydrogen-bond acceptors (Lipinski definition) is 2. The van der Waals surface area contributed by atoms with E-state index in [2.05, 4.69) is 20.8 Å². The van der Waals surface area contributed by atoms with Crippen LogP contribution in [0.4, 0.5) is 4.39 Å². The molecule has 1 saturated heterocycles. The van der Waals surface area contributed by atoms with Crippen LogP contribution in [0.5, 0.6) is 0 Å². The molecule has 0 aliphatic carbocycles. The van der Waals surface area contributed by atoms with Gasteiger partial charge >= 0.3 is 0 Å². The maximum absolute atomic E-state index is 13.1. The van der Waals surface area contributed by atoms with Gasteiger partial charge in [0.1, 0.15) is 5.82 Å². The van der Waals surface area contributed by atoms with Crippen molar-refractivity contribution in [2.75, 3.05) is 25.0 Å². The molecule has 4 heteroatoms. The summed E-state index contributed by atoms with van der Waals surface area (Å²) in [6, 6.07) is 6.87. The van der Waals surface area contributed by atoms with Gasteiger partial charge in [-0.15, -0.1) is 0 Å². The molecule has 2 nitrogen and oxygen atoms in total. The molecule has 1 aromatic rings. The number of nitrogens with zero attached hydrogens (tertiary/aromatic N) is 1. The van der Waals surface area contributed by atoms with Crippen LogP contribution in [0.25, 0.3) is 0 Å². The van der Waals surface area contributed by atoms with Crippen LogP contribution < -0.4 is 0 Å². The summed E-state index contributed by atoms with van der Waals surface area (Å²) in [5.74, 6) is -0.150. The molecule has 2 rings (SSSR count). The minimum absolute atomic E-state index is 0.150. The summed E-state index contributed by atoms with van der Waals surface area (Å²) in [7, 11) is 0. The summed E-state index contributed by atoms with van der Waals surface area (Å²) in [5.41, 5.74) is 1.05. The van der Waals surface area contributed by atoms with Crippen molar-refractivity contribution in [3.8, 4) is 0 Å². The van der Waals surface area contributed by atoms with Gasteiger partial charge in [-0.05, 0) is 30.5 Å². The molecule has 0 radical (unpaired) electrons. The van der Waals surface area contributed by atoms with Crippen molar-refractivity contribution in [1.82, 2.24) is 4.90 Å². The molecule has 1 aliphatic heterocycles. The lowest BCUT2D eigenvalue weighted by Gasteiger charge is -2.31. The van der Waals surface area contributed by atoms with Gasteiger partial charge in [0.15, 0.2) is 0 Å². The Kier molecular flexibility index (Phi) is 5.60. The maximum atomic E-state index is 13.1. The van der Waals surface area contributed by atoms with E-state index < -0.39 is 0 Å². The van der Waals surface area contributed by atoms with Crippen molar-refractivity contribution < 1.29 is 9.13 Å². The zero-order chi connectivity index (χ0) is 12.8. The van der Waals surface area contributed by atoms with Crippen molar-refractivity contribution in [2.24, 2.45) is 0 Å².